The maximum Gasteiger partial charge on any atom is 0.303 e. The van der Waals surface area contributed by atoms with E-state index in [1.807, 2.05) is 17.0 Å². The summed E-state index contributed by atoms with van der Waals surface area (Å²) in [4.78, 5) is 25.1. The summed E-state index contributed by atoms with van der Waals surface area (Å²) in [6, 6.07) is 6.19. The lowest BCUT2D eigenvalue weighted by atomic mass is 10.0. The Bertz CT molecular complexity index is 549. The van der Waals surface area contributed by atoms with Gasteiger partial charge in [-0.2, -0.15) is 0 Å². The summed E-state index contributed by atoms with van der Waals surface area (Å²) < 4.78 is 0. The lowest BCUT2D eigenvalue weighted by molar-refractivity contribution is -0.137. The van der Waals surface area contributed by atoms with Crippen LogP contribution in [0, 0.1) is 5.92 Å². The molecular weight excluding hydrogens is 278 g/mol. The van der Waals surface area contributed by atoms with Crippen molar-refractivity contribution in [2.24, 2.45) is 5.92 Å². The molecule has 0 radical (unpaired) electrons. The van der Waals surface area contributed by atoms with E-state index in [0.29, 0.717) is 6.42 Å². The van der Waals surface area contributed by atoms with Crippen LogP contribution in [0.4, 0.5) is 5.69 Å². The molecule has 1 heterocycles. The zero-order valence-electron chi connectivity index (χ0n) is 13.5. The van der Waals surface area contributed by atoms with Crippen molar-refractivity contribution in [1.82, 2.24) is 0 Å². The zero-order valence-corrected chi connectivity index (χ0v) is 13.5. The molecule has 0 atom stereocenters. The van der Waals surface area contributed by atoms with Gasteiger partial charge in [0.15, 0.2) is 0 Å². The van der Waals surface area contributed by atoms with Gasteiger partial charge in [-0.15, -0.1) is 0 Å². The number of carbonyl (C=O) groups excluding carboxylic acids is 1. The number of aryl methyl sites for hydroxylation is 1. The number of fused-ring (bicyclic) bond motifs is 1. The molecule has 0 aliphatic carbocycles. The molecule has 1 aromatic carbocycles. The number of carboxylic acid groups (broad SMARTS) is 1. The Hall–Kier alpha value is -1.84. The van der Waals surface area contributed by atoms with Crippen molar-refractivity contribution >= 4 is 17.6 Å². The lowest BCUT2D eigenvalue weighted by Crippen LogP contribution is -2.34. The minimum Gasteiger partial charge on any atom is -0.481 e. The van der Waals surface area contributed by atoms with Gasteiger partial charge in [-0.05, 0) is 49.3 Å². The van der Waals surface area contributed by atoms with Crippen LogP contribution in [-0.2, 0) is 22.4 Å². The van der Waals surface area contributed by atoms with Crippen LogP contribution in [0.2, 0.25) is 0 Å². The Kier molecular flexibility index (Phi) is 5.58. The molecule has 0 unspecified atom stereocenters. The minimum absolute atomic E-state index is 0.112. The molecule has 1 aliphatic heterocycles. The monoisotopic (exact) mass is 303 g/mol. The summed E-state index contributed by atoms with van der Waals surface area (Å²) >= 11 is 0. The normalized spacial score (nSPS) is 13.5. The van der Waals surface area contributed by atoms with Crippen molar-refractivity contribution < 1.29 is 14.7 Å². The average Bonchev–Trinajstić information content (AvgIpc) is 2.91. The number of carboxylic acids is 1. The Morgan fingerprint density at radius 3 is 2.64 bits per heavy atom. The van der Waals surface area contributed by atoms with E-state index >= 15 is 0 Å². The van der Waals surface area contributed by atoms with Gasteiger partial charge in [0.05, 0.1) is 0 Å². The maximum atomic E-state index is 12.6. The second-order valence-corrected chi connectivity index (χ2v) is 5.96. The van der Waals surface area contributed by atoms with Gasteiger partial charge < -0.3 is 10.0 Å². The molecule has 1 N–H and O–H groups in total. The molecule has 0 bridgehead atoms. The van der Waals surface area contributed by atoms with Crippen LogP contribution in [0.25, 0.3) is 0 Å². The largest absolute Gasteiger partial charge is 0.481 e. The fourth-order valence-corrected chi connectivity index (χ4v) is 3.14. The van der Waals surface area contributed by atoms with E-state index in [1.54, 1.807) is 0 Å². The van der Waals surface area contributed by atoms with E-state index in [0.717, 1.165) is 43.5 Å². The van der Waals surface area contributed by atoms with Crippen molar-refractivity contribution in [3.05, 3.63) is 29.3 Å². The molecule has 0 saturated carbocycles. The molecule has 0 saturated heterocycles. The van der Waals surface area contributed by atoms with Crippen molar-refractivity contribution in [1.29, 1.82) is 0 Å². The second kappa shape index (κ2) is 7.43. The Balaban J connectivity index is 2.06. The van der Waals surface area contributed by atoms with Crippen LogP contribution in [-0.4, -0.2) is 23.5 Å². The molecule has 120 valence electrons. The van der Waals surface area contributed by atoms with Crippen LogP contribution < -0.4 is 4.90 Å². The summed E-state index contributed by atoms with van der Waals surface area (Å²) in [6.07, 6.45) is 4.30. The minimum atomic E-state index is -0.747. The lowest BCUT2D eigenvalue weighted by Gasteiger charge is -2.22. The van der Waals surface area contributed by atoms with E-state index in [9.17, 15) is 9.59 Å². The van der Waals surface area contributed by atoms with Crippen LogP contribution in [0.15, 0.2) is 18.2 Å². The molecule has 4 heteroatoms. The summed E-state index contributed by atoms with van der Waals surface area (Å²) in [5.41, 5.74) is 3.42. The summed E-state index contributed by atoms with van der Waals surface area (Å²) in [5, 5.41) is 8.70. The third-order valence-corrected chi connectivity index (χ3v) is 4.50. The van der Waals surface area contributed by atoms with Crippen molar-refractivity contribution in [2.75, 3.05) is 11.4 Å². The van der Waals surface area contributed by atoms with Gasteiger partial charge in [0, 0.05) is 24.6 Å². The topological polar surface area (TPSA) is 57.6 Å². The summed E-state index contributed by atoms with van der Waals surface area (Å²) in [7, 11) is 0. The molecule has 1 amide bonds. The van der Waals surface area contributed by atoms with Crippen LogP contribution in [0.3, 0.4) is 0 Å². The predicted octanol–water partition coefficient (Wildman–Crippen LogP) is 3.42. The molecule has 1 aliphatic rings. The fraction of sp³-hybridized carbons (Fsp3) is 0.556. The Morgan fingerprint density at radius 1 is 1.27 bits per heavy atom. The molecule has 4 nitrogen and oxygen atoms in total. The van der Waals surface area contributed by atoms with E-state index in [-0.39, 0.29) is 18.2 Å². The van der Waals surface area contributed by atoms with Crippen LogP contribution in [0.5, 0.6) is 0 Å². The van der Waals surface area contributed by atoms with E-state index in [4.69, 9.17) is 5.11 Å². The number of anilines is 1. The highest BCUT2D eigenvalue weighted by Gasteiger charge is 2.28. The second-order valence-electron chi connectivity index (χ2n) is 5.96. The Labute approximate surface area is 132 Å². The number of nitrogens with zero attached hydrogens (tertiary/aromatic N) is 1. The third kappa shape index (κ3) is 3.67. The first-order valence-electron chi connectivity index (χ1n) is 8.21. The van der Waals surface area contributed by atoms with Crippen molar-refractivity contribution in [3.8, 4) is 0 Å². The number of benzene rings is 1. The van der Waals surface area contributed by atoms with Gasteiger partial charge in [-0.25, -0.2) is 0 Å². The third-order valence-electron chi connectivity index (χ3n) is 4.50. The molecule has 22 heavy (non-hydrogen) atoms. The summed E-state index contributed by atoms with van der Waals surface area (Å²) in [5.74, 6) is -0.397. The van der Waals surface area contributed by atoms with Gasteiger partial charge in [-0.3, -0.25) is 9.59 Å². The van der Waals surface area contributed by atoms with E-state index < -0.39 is 5.97 Å². The number of rotatable bonds is 7. The Morgan fingerprint density at radius 2 is 2.00 bits per heavy atom. The van der Waals surface area contributed by atoms with E-state index in [1.165, 1.54) is 5.56 Å². The van der Waals surface area contributed by atoms with Crippen LogP contribution in [0.1, 0.15) is 50.7 Å². The first-order chi connectivity index (χ1) is 10.6. The van der Waals surface area contributed by atoms with Crippen molar-refractivity contribution in [3.63, 3.8) is 0 Å². The summed E-state index contributed by atoms with van der Waals surface area (Å²) in [6.45, 7) is 4.90. The first kappa shape index (κ1) is 16.5. The first-order valence-corrected chi connectivity index (χ1v) is 8.21. The smallest absolute Gasteiger partial charge is 0.303 e. The van der Waals surface area contributed by atoms with Crippen LogP contribution >= 0.6 is 0 Å². The number of aliphatic carboxylic acids is 1. The highest BCUT2D eigenvalue weighted by atomic mass is 16.4. The molecule has 0 spiro atoms. The number of amides is 1. The number of hydrogen-bond acceptors (Lipinski definition) is 2. The van der Waals surface area contributed by atoms with Gasteiger partial charge in [-0.1, -0.05) is 26.0 Å². The molecule has 0 aromatic heterocycles. The number of carbonyl (C=O) groups is 2. The molecule has 2 rings (SSSR count). The molecule has 1 aromatic rings. The van der Waals surface area contributed by atoms with Gasteiger partial charge in [0.2, 0.25) is 5.91 Å². The van der Waals surface area contributed by atoms with Gasteiger partial charge in [0.1, 0.15) is 0 Å². The van der Waals surface area contributed by atoms with Gasteiger partial charge >= 0.3 is 5.97 Å². The number of hydrogen-bond donors (Lipinski definition) is 1. The molecule has 0 fully saturated rings. The highest BCUT2D eigenvalue weighted by molar-refractivity contribution is 5.97. The van der Waals surface area contributed by atoms with Gasteiger partial charge in [0.25, 0.3) is 0 Å². The fourth-order valence-electron chi connectivity index (χ4n) is 3.14. The average molecular weight is 303 g/mol. The standard InChI is InChI=1S/C18H25NO3/c1-3-14(4-2)18(22)19-11-10-15-12-13(8-9-16(15)19)6-5-7-17(20)21/h8-9,12,14H,3-7,10-11H2,1-2H3,(H,20,21). The SMILES string of the molecule is CCC(CC)C(=O)N1CCc2cc(CCCC(=O)O)ccc21. The quantitative estimate of drug-likeness (QED) is 0.839. The molecular formula is C18H25NO3. The predicted molar refractivity (Wildman–Crippen MR) is 87.1 cm³/mol. The zero-order chi connectivity index (χ0) is 16.1. The van der Waals surface area contributed by atoms with Crippen molar-refractivity contribution in [2.45, 2.75) is 52.4 Å². The maximum absolute atomic E-state index is 12.6. The van der Waals surface area contributed by atoms with E-state index in [2.05, 4.69) is 19.9 Å². The highest BCUT2D eigenvalue weighted by Crippen LogP contribution is 2.31.